The summed E-state index contributed by atoms with van der Waals surface area (Å²) in [6.07, 6.45) is 3.39. The number of piperidine rings is 1. The molecule has 2 fully saturated rings. The Kier molecular flexibility index (Phi) is 3.55. The number of fused-ring (bicyclic) bond motifs is 2. The van der Waals surface area contributed by atoms with E-state index in [1.165, 1.54) is 24.7 Å². The molecule has 2 heterocycles. The summed E-state index contributed by atoms with van der Waals surface area (Å²) in [7, 11) is 3.67. The van der Waals surface area contributed by atoms with E-state index in [1.807, 2.05) is 0 Å². The molecule has 0 spiro atoms. The molecule has 2 aliphatic heterocycles. The first-order valence-electron chi connectivity index (χ1n) is 7.48. The fraction of sp³-hybridized carbons (Fsp3) is 0.588. The summed E-state index contributed by atoms with van der Waals surface area (Å²) in [5.41, 5.74) is 2.55. The average Bonchev–Trinajstić information content (AvgIpc) is 2.70. The maximum absolute atomic E-state index is 12.3. The van der Waals surface area contributed by atoms with Crippen molar-refractivity contribution in [1.82, 2.24) is 4.90 Å². The standard InChI is InChI=1S/C17H23NO2/c1-11-4-6-12(7-5-11)14-10-13-8-9-15(18(13)2)16(14)17(19)20-3/h4-7,13-16H,8-10H2,1-3H3/t13?,14-,15?,16-/m0/s1. The fourth-order valence-corrected chi connectivity index (χ4v) is 4.08. The van der Waals surface area contributed by atoms with Crippen LogP contribution in [0, 0.1) is 12.8 Å². The summed E-state index contributed by atoms with van der Waals surface area (Å²) >= 11 is 0. The zero-order chi connectivity index (χ0) is 14.3. The van der Waals surface area contributed by atoms with E-state index in [0.29, 0.717) is 18.0 Å². The molecule has 3 nitrogen and oxygen atoms in total. The van der Waals surface area contributed by atoms with Crippen molar-refractivity contribution in [1.29, 1.82) is 0 Å². The van der Waals surface area contributed by atoms with Crippen LogP contribution in [0.4, 0.5) is 0 Å². The van der Waals surface area contributed by atoms with E-state index >= 15 is 0 Å². The predicted octanol–water partition coefficient (Wildman–Crippen LogP) is 2.73. The third-order valence-corrected chi connectivity index (χ3v) is 5.25. The minimum absolute atomic E-state index is 0.0218. The Morgan fingerprint density at radius 3 is 2.60 bits per heavy atom. The molecule has 1 aromatic rings. The lowest BCUT2D eigenvalue weighted by atomic mass is 9.76. The van der Waals surface area contributed by atoms with Gasteiger partial charge in [-0.05, 0) is 38.8 Å². The maximum Gasteiger partial charge on any atom is 0.310 e. The third-order valence-electron chi connectivity index (χ3n) is 5.25. The highest BCUT2D eigenvalue weighted by Crippen LogP contribution is 2.46. The number of methoxy groups -OCH3 is 1. The first-order valence-corrected chi connectivity index (χ1v) is 7.48. The first-order chi connectivity index (χ1) is 9.61. The highest BCUT2D eigenvalue weighted by molar-refractivity contribution is 5.75. The Morgan fingerprint density at radius 1 is 1.25 bits per heavy atom. The number of carbonyl (C=O) groups is 1. The fourth-order valence-electron chi connectivity index (χ4n) is 4.08. The second-order valence-corrected chi connectivity index (χ2v) is 6.27. The second-order valence-electron chi connectivity index (χ2n) is 6.27. The summed E-state index contributed by atoms with van der Waals surface area (Å²) in [4.78, 5) is 14.7. The quantitative estimate of drug-likeness (QED) is 0.776. The normalized spacial score (nSPS) is 33.1. The summed E-state index contributed by atoms with van der Waals surface area (Å²) in [5, 5.41) is 0. The molecule has 0 aromatic heterocycles. The molecule has 20 heavy (non-hydrogen) atoms. The van der Waals surface area contributed by atoms with Gasteiger partial charge in [0.25, 0.3) is 0 Å². The van der Waals surface area contributed by atoms with Crippen molar-refractivity contribution in [2.45, 2.75) is 44.2 Å². The number of carbonyl (C=O) groups excluding carboxylic acids is 1. The molecule has 2 bridgehead atoms. The zero-order valence-corrected chi connectivity index (χ0v) is 12.5. The maximum atomic E-state index is 12.3. The monoisotopic (exact) mass is 273 g/mol. The van der Waals surface area contributed by atoms with Gasteiger partial charge in [-0.15, -0.1) is 0 Å². The van der Waals surface area contributed by atoms with Crippen molar-refractivity contribution < 1.29 is 9.53 Å². The van der Waals surface area contributed by atoms with Crippen LogP contribution in [0.2, 0.25) is 0 Å². The van der Waals surface area contributed by atoms with Gasteiger partial charge < -0.3 is 4.74 Å². The number of hydrogen-bond acceptors (Lipinski definition) is 3. The van der Waals surface area contributed by atoms with Crippen molar-refractivity contribution >= 4 is 5.97 Å². The number of esters is 1. The van der Waals surface area contributed by atoms with Crippen LogP contribution in [0.5, 0.6) is 0 Å². The van der Waals surface area contributed by atoms with Gasteiger partial charge in [0.1, 0.15) is 0 Å². The van der Waals surface area contributed by atoms with Crippen LogP contribution >= 0.6 is 0 Å². The highest BCUT2D eigenvalue weighted by atomic mass is 16.5. The van der Waals surface area contributed by atoms with Crippen molar-refractivity contribution in [2.75, 3.05) is 14.2 Å². The number of benzene rings is 1. The van der Waals surface area contributed by atoms with E-state index < -0.39 is 0 Å². The largest absolute Gasteiger partial charge is 0.469 e. The van der Waals surface area contributed by atoms with E-state index in [2.05, 4.69) is 43.1 Å². The smallest absolute Gasteiger partial charge is 0.310 e. The average molecular weight is 273 g/mol. The first kappa shape index (κ1) is 13.6. The molecular weight excluding hydrogens is 250 g/mol. The third kappa shape index (κ3) is 2.14. The SMILES string of the molecule is COC(=O)[C@@H]1C2CCC(C[C@H]1c1ccc(C)cc1)N2C. The molecule has 0 saturated carbocycles. The van der Waals surface area contributed by atoms with Gasteiger partial charge in [-0.25, -0.2) is 0 Å². The molecule has 0 N–H and O–H groups in total. The molecule has 108 valence electrons. The van der Waals surface area contributed by atoms with Crippen molar-refractivity contribution in [3.63, 3.8) is 0 Å². The Labute approximate surface area is 120 Å². The van der Waals surface area contributed by atoms with Crippen LogP contribution < -0.4 is 0 Å². The lowest BCUT2D eigenvalue weighted by molar-refractivity contribution is -0.150. The van der Waals surface area contributed by atoms with Crippen LogP contribution in [0.3, 0.4) is 0 Å². The van der Waals surface area contributed by atoms with Crippen LogP contribution in [0.15, 0.2) is 24.3 Å². The number of aryl methyl sites for hydroxylation is 1. The molecular formula is C17H23NO2. The van der Waals surface area contributed by atoms with E-state index in [4.69, 9.17) is 4.74 Å². The molecule has 1 aromatic carbocycles. The number of hydrogen-bond donors (Lipinski definition) is 0. The van der Waals surface area contributed by atoms with Crippen LogP contribution in [0.1, 0.15) is 36.3 Å². The molecule has 0 radical (unpaired) electrons. The minimum atomic E-state index is -0.0484. The second kappa shape index (κ2) is 5.21. The van der Waals surface area contributed by atoms with Gasteiger partial charge in [0.2, 0.25) is 0 Å². The van der Waals surface area contributed by atoms with Gasteiger partial charge in [-0.2, -0.15) is 0 Å². The number of ether oxygens (including phenoxy) is 1. The molecule has 2 saturated heterocycles. The van der Waals surface area contributed by atoms with Gasteiger partial charge in [0.15, 0.2) is 0 Å². The molecule has 3 rings (SSSR count). The summed E-state index contributed by atoms with van der Waals surface area (Å²) in [6.45, 7) is 2.10. The molecule has 0 amide bonds. The lowest BCUT2D eigenvalue weighted by Crippen LogP contribution is -2.49. The molecule has 2 aliphatic rings. The van der Waals surface area contributed by atoms with Gasteiger partial charge in [-0.1, -0.05) is 29.8 Å². The Hall–Kier alpha value is -1.35. The highest BCUT2D eigenvalue weighted by Gasteiger charge is 2.49. The van der Waals surface area contributed by atoms with Crippen molar-refractivity contribution in [3.8, 4) is 0 Å². The summed E-state index contributed by atoms with van der Waals surface area (Å²) < 4.78 is 5.10. The van der Waals surface area contributed by atoms with Gasteiger partial charge in [-0.3, -0.25) is 9.69 Å². The van der Waals surface area contributed by atoms with Crippen LogP contribution in [-0.4, -0.2) is 37.1 Å². The van der Waals surface area contributed by atoms with Crippen LogP contribution in [0.25, 0.3) is 0 Å². The summed E-state index contributed by atoms with van der Waals surface area (Å²) in [6, 6.07) is 9.61. The number of rotatable bonds is 2. The predicted molar refractivity (Wildman–Crippen MR) is 78.6 cm³/mol. The Morgan fingerprint density at radius 2 is 1.95 bits per heavy atom. The lowest BCUT2D eigenvalue weighted by Gasteiger charge is -2.41. The van der Waals surface area contributed by atoms with Crippen molar-refractivity contribution in [2.24, 2.45) is 5.92 Å². The Bertz CT molecular complexity index is 496. The van der Waals surface area contributed by atoms with E-state index in [1.54, 1.807) is 0 Å². The minimum Gasteiger partial charge on any atom is -0.469 e. The zero-order valence-electron chi connectivity index (χ0n) is 12.5. The van der Waals surface area contributed by atoms with Crippen molar-refractivity contribution in [3.05, 3.63) is 35.4 Å². The van der Waals surface area contributed by atoms with E-state index in [0.717, 1.165) is 12.8 Å². The van der Waals surface area contributed by atoms with Gasteiger partial charge >= 0.3 is 5.97 Å². The molecule has 4 atom stereocenters. The van der Waals surface area contributed by atoms with Gasteiger partial charge in [0.05, 0.1) is 13.0 Å². The molecule has 2 unspecified atom stereocenters. The number of nitrogens with zero attached hydrogens (tertiary/aromatic N) is 1. The molecule has 3 heteroatoms. The van der Waals surface area contributed by atoms with Crippen LogP contribution in [-0.2, 0) is 9.53 Å². The topological polar surface area (TPSA) is 29.5 Å². The molecule has 0 aliphatic carbocycles. The van der Waals surface area contributed by atoms with Gasteiger partial charge in [0, 0.05) is 18.0 Å². The van der Waals surface area contributed by atoms with E-state index in [9.17, 15) is 4.79 Å². The summed E-state index contributed by atoms with van der Waals surface area (Å²) in [5.74, 6) is 0.232. The Balaban J connectivity index is 1.95. The van der Waals surface area contributed by atoms with E-state index in [-0.39, 0.29) is 11.9 Å².